The van der Waals surface area contributed by atoms with Gasteiger partial charge in [0.05, 0.1) is 0 Å². The first-order valence-corrected chi connectivity index (χ1v) is 9.89. The van der Waals surface area contributed by atoms with E-state index in [1.807, 2.05) is 31.2 Å². The van der Waals surface area contributed by atoms with Crippen LogP contribution in [0.2, 0.25) is 0 Å². The van der Waals surface area contributed by atoms with Crippen molar-refractivity contribution in [2.45, 2.75) is 52.2 Å². The molecule has 0 aliphatic rings. The van der Waals surface area contributed by atoms with Gasteiger partial charge in [-0.25, -0.2) is 0 Å². The molecular weight excluding hydrogens is 346 g/mol. The fourth-order valence-electron chi connectivity index (χ4n) is 3.17. The second kappa shape index (κ2) is 8.47. The van der Waals surface area contributed by atoms with Gasteiger partial charge >= 0.3 is 0 Å². The minimum absolute atomic E-state index is 0.0874. The molecule has 0 unspecified atom stereocenters. The number of ether oxygens (including phenoxy) is 1. The molecule has 0 fully saturated rings. The topological polar surface area (TPSA) is 38.3 Å². The number of hydrogen-bond donors (Lipinski definition) is 1. The van der Waals surface area contributed by atoms with Crippen LogP contribution >= 0.6 is 0 Å². The van der Waals surface area contributed by atoms with Crippen molar-refractivity contribution < 1.29 is 9.53 Å². The highest BCUT2D eigenvalue weighted by Crippen LogP contribution is 2.25. The average Bonchev–Trinajstić information content (AvgIpc) is 2.69. The number of carbonyl (C=O) groups excluding carboxylic acids is 1. The van der Waals surface area contributed by atoms with Crippen LogP contribution in [0.15, 0.2) is 66.7 Å². The minimum atomic E-state index is -0.499. The lowest BCUT2D eigenvalue weighted by Crippen LogP contribution is -2.37. The fraction of sp³-hybridized carbons (Fsp3) is 0.320. The molecule has 3 aromatic carbocycles. The molecule has 0 saturated carbocycles. The Morgan fingerprint density at radius 1 is 0.964 bits per heavy atom. The van der Waals surface area contributed by atoms with Crippen LogP contribution in [0.5, 0.6) is 5.75 Å². The molecule has 0 spiro atoms. The molecule has 146 valence electrons. The molecular formula is C25H29NO2. The molecule has 0 aromatic heterocycles. The maximum absolute atomic E-state index is 12.6. The van der Waals surface area contributed by atoms with Crippen LogP contribution in [0.1, 0.15) is 45.2 Å². The van der Waals surface area contributed by atoms with Crippen molar-refractivity contribution in [2.75, 3.05) is 0 Å². The summed E-state index contributed by atoms with van der Waals surface area (Å²) in [5.41, 5.74) is 2.42. The Morgan fingerprint density at radius 2 is 1.64 bits per heavy atom. The van der Waals surface area contributed by atoms with Crippen molar-refractivity contribution in [1.29, 1.82) is 0 Å². The van der Waals surface area contributed by atoms with Gasteiger partial charge in [0.2, 0.25) is 0 Å². The van der Waals surface area contributed by atoms with Gasteiger partial charge in [-0.3, -0.25) is 4.79 Å². The van der Waals surface area contributed by atoms with E-state index in [-0.39, 0.29) is 11.3 Å². The van der Waals surface area contributed by atoms with Crippen LogP contribution in [0.25, 0.3) is 10.8 Å². The third-order valence-electron chi connectivity index (χ3n) is 4.94. The molecule has 1 amide bonds. The Hall–Kier alpha value is -2.81. The van der Waals surface area contributed by atoms with E-state index >= 15 is 0 Å². The number of hydrogen-bond acceptors (Lipinski definition) is 2. The Bertz CT molecular complexity index is 939. The zero-order chi connectivity index (χ0) is 20.1. The van der Waals surface area contributed by atoms with E-state index in [4.69, 9.17) is 4.74 Å². The zero-order valence-electron chi connectivity index (χ0n) is 17.2. The summed E-state index contributed by atoms with van der Waals surface area (Å²) in [5.74, 6) is 0.635. The second-order valence-electron chi connectivity index (χ2n) is 8.19. The minimum Gasteiger partial charge on any atom is -0.481 e. The van der Waals surface area contributed by atoms with Crippen LogP contribution in [0.4, 0.5) is 0 Å². The highest BCUT2D eigenvalue weighted by Gasteiger charge is 2.19. The molecule has 0 heterocycles. The molecule has 0 radical (unpaired) electrons. The number of nitrogens with one attached hydrogen (secondary N) is 1. The molecule has 0 saturated heterocycles. The monoisotopic (exact) mass is 375 g/mol. The van der Waals surface area contributed by atoms with Crippen molar-refractivity contribution in [2.24, 2.45) is 0 Å². The predicted molar refractivity (Wildman–Crippen MR) is 116 cm³/mol. The summed E-state index contributed by atoms with van der Waals surface area (Å²) in [5, 5.41) is 5.38. The summed E-state index contributed by atoms with van der Waals surface area (Å²) in [6.07, 6.45) is 0.117. The van der Waals surface area contributed by atoms with E-state index < -0.39 is 6.10 Å². The first-order chi connectivity index (χ1) is 13.4. The maximum Gasteiger partial charge on any atom is 0.261 e. The van der Waals surface area contributed by atoms with Crippen molar-refractivity contribution in [3.05, 3.63) is 77.9 Å². The Kier molecular flexibility index (Phi) is 6.03. The molecule has 28 heavy (non-hydrogen) atoms. The average molecular weight is 376 g/mol. The second-order valence-corrected chi connectivity index (χ2v) is 8.19. The first-order valence-electron chi connectivity index (χ1n) is 9.89. The van der Waals surface area contributed by atoms with Crippen LogP contribution < -0.4 is 10.1 Å². The third kappa shape index (κ3) is 4.92. The van der Waals surface area contributed by atoms with Gasteiger partial charge in [0, 0.05) is 6.54 Å². The largest absolute Gasteiger partial charge is 0.481 e. The number of rotatable bonds is 6. The molecule has 1 atom stereocenters. The van der Waals surface area contributed by atoms with Gasteiger partial charge in [0.1, 0.15) is 5.75 Å². The van der Waals surface area contributed by atoms with E-state index in [0.717, 1.165) is 11.3 Å². The van der Waals surface area contributed by atoms with Crippen LogP contribution in [0.3, 0.4) is 0 Å². The van der Waals surface area contributed by atoms with Gasteiger partial charge in [-0.2, -0.15) is 0 Å². The standard InChI is InChI=1S/C25H29NO2/c1-5-23(28-22-14-12-21(13-15-22)25(2,3)4)24(27)26-17-18-10-11-19-8-6-7-9-20(19)16-18/h6-16,23H,5,17H2,1-4H3,(H,26,27)/t23-/m0/s1. The molecule has 0 bridgehead atoms. The van der Waals surface area contributed by atoms with Gasteiger partial charge in [0.15, 0.2) is 6.10 Å². The lowest BCUT2D eigenvalue weighted by atomic mass is 9.87. The maximum atomic E-state index is 12.6. The Morgan fingerprint density at radius 3 is 2.29 bits per heavy atom. The summed E-state index contributed by atoms with van der Waals surface area (Å²) >= 11 is 0. The Balaban J connectivity index is 1.61. The van der Waals surface area contributed by atoms with Crippen LogP contribution in [0, 0.1) is 0 Å². The highest BCUT2D eigenvalue weighted by molar-refractivity contribution is 5.83. The normalized spacial score (nSPS) is 12.6. The predicted octanol–water partition coefficient (Wildman–Crippen LogP) is 5.61. The molecule has 0 aliphatic heterocycles. The van der Waals surface area contributed by atoms with Crippen molar-refractivity contribution in [1.82, 2.24) is 5.32 Å². The third-order valence-corrected chi connectivity index (χ3v) is 4.94. The van der Waals surface area contributed by atoms with Gasteiger partial charge in [-0.1, -0.05) is 76.2 Å². The lowest BCUT2D eigenvalue weighted by molar-refractivity contribution is -0.128. The van der Waals surface area contributed by atoms with Gasteiger partial charge < -0.3 is 10.1 Å². The quantitative estimate of drug-likeness (QED) is 0.608. The molecule has 3 nitrogen and oxygen atoms in total. The molecule has 3 aromatic rings. The molecule has 3 rings (SSSR count). The number of fused-ring (bicyclic) bond motifs is 1. The van der Waals surface area contributed by atoms with E-state index in [0.29, 0.717) is 13.0 Å². The summed E-state index contributed by atoms with van der Waals surface area (Å²) in [4.78, 5) is 12.6. The van der Waals surface area contributed by atoms with E-state index in [1.54, 1.807) is 0 Å². The van der Waals surface area contributed by atoms with Gasteiger partial charge in [-0.15, -0.1) is 0 Å². The van der Waals surface area contributed by atoms with Crippen molar-refractivity contribution >= 4 is 16.7 Å². The van der Waals surface area contributed by atoms with E-state index in [1.165, 1.54) is 16.3 Å². The van der Waals surface area contributed by atoms with E-state index in [9.17, 15) is 4.79 Å². The molecule has 0 aliphatic carbocycles. The lowest BCUT2D eigenvalue weighted by Gasteiger charge is -2.21. The summed E-state index contributed by atoms with van der Waals surface area (Å²) in [7, 11) is 0. The van der Waals surface area contributed by atoms with Crippen molar-refractivity contribution in [3.8, 4) is 5.75 Å². The van der Waals surface area contributed by atoms with Gasteiger partial charge in [0.25, 0.3) is 5.91 Å². The number of carbonyl (C=O) groups is 1. The van der Waals surface area contributed by atoms with Crippen molar-refractivity contribution in [3.63, 3.8) is 0 Å². The van der Waals surface area contributed by atoms with Crippen LogP contribution in [-0.4, -0.2) is 12.0 Å². The zero-order valence-corrected chi connectivity index (χ0v) is 17.2. The summed E-state index contributed by atoms with van der Waals surface area (Å²) in [6, 6.07) is 22.5. The molecule has 1 N–H and O–H groups in total. The first kappa shape index (κ1) is 19.9. The smallest absolute Gasteiger partial charge is 0.261 e. The van der Waals surface area contributed by atoms with E-state index in [2.05, 4.69) is 68.6 Å². The summed E-state index contributed by atoms with van der Waals surface area (Å²) < 4.78 is 5.94. The number of benzene rings is 3. The number of amides is 1. The molecule has 3 heteroatoms. The summed E-state index contributed by atoms with van der Waals surface area (Å²) in [6.45, 7) is 8.99. The highest BCUT2D eigenvalue weighted by atomic mass is 16.5. The SMILES string of the molecule is CC[C@H](Oc1ccc(C(C)(C)C)cc1)C(=O)NCc1ccc2ccccc2c1. The van der Waals surface area contributed by atoms with Crippen LogP contribution in [-0.2, 0) is 16.8 Å². The fourth-order valence-corrected chi connectivity index (χ4v) is 3.17. The Labute approximate surface area is 167 Å². The van der Waals surface area contributed by atoms with Gasteiger partial charge in [-0.05, 0) is 51.9 Å².